The average Bonchev–Trinajstić information content (AvgIpc) is 4.05. The molecule has 0 unspecified atom stereocenters. The topological polar surface area (TPSA) is 9.86 Å². The maximum Gasteiger partial charge on any atom is 0.0725 e. The third-order valence-corrected chi connectivity index (χ3v) is 13.2. The van der Waals surface area contributed by atoms with Crippen molar-refractivity contribution in [2.45, 2.75) is 5.41 Å². The first-order valence-electron chi connectivity index (χ1n) is 20.5. The lowest BCUT2D eigenvalue weighted by atomic mass is 9.70. The molecule has 274 valence electrons. The first-order chi connectivity index (χ1) is 29.3. The van der Waals surface area contributed by atoms with Gasteiger partial charge in [-0.25, -0.2) is 0 Å². The molecule has 2 aromatic heterocycles. The van der Waals surface area contributed by atoms with Gasteiger partial charge in [-0.05, 0) is 115 Å². The van der Waals surface area contributed by atoms with E-state index in [2.05, 4.69) is 228 Å². The SMILES string of the molecule is c1ccc(-c2ccc(-n3ccc4c3ccc3c5ccccc5n(-c5ccc(-c6ccc7c(c6)C6(c8ccccc8-c8ccccc86)c6ccccc6-7)cc5)c34)cc2)cc1. The minimum absolute atomic E-state index is 0.357. The van der Waals surface area contributed by atoms with Crippen molar-refractivity contribution in [3.63, 3.8) is 0 Å². The van der Waals surface area contributed by atoms with Crippen molar-refractivity contribution in [1.82, 2.24) is 9.13 Å². The summed E-state index contributed by atoms with van der Waals surface area (Å²) in [5, 5.41) is 3.75. The Morgan fingerprint density at radius 1 is 0.305 bits per heavy atom. The fourth-order valence-electron chi connectivity index (χ4n) is 10.7. The molecule has 0 aliphatic heterocycles. The van der Waals surface area contributed by atoms with Gasteiger partial charge < -0.3 is 9.13 Å². The molecule has 0 atom stereocenters. The van der Waals surface area contributed by atoms with Gasteiger partial charge >= 0.3 is 0 Å². The normalized spacial score (nSPS) is 13.2. The van der Waals surface area contributed by atoms with Crippen LogP contribution in [0, 0.1) is 0 Å². The van der Waals surface area contributed by atoms with E-state index in [-0.39, 0.29) is 5.41 Å². The standard InChI is InChI=1S/C57H36N2/c1-2-12-37(13-3-1)38-22-27-41(28-23-38)58-35-34-49-54(58)33-32-48-47-17-7-11-21-55(47)59(56(48)49)42-29-24-39(25-30-42)40-26-31-46-45-16-6-10-20-52(45)57(53(46)36-40)50-18-8-4-14-43(50)44-15-5-9-19-51(44)57/h1-36H. The number of hydrogen-bond donors (Lipinski definition) is 0. The van der Waals surface area contributed by atoms with Gasteiger partial charge in [-0.15, -0.1) is 0 Å². The van der Waals surface area contributed by atoms with Crippen molar-refractivity contribution < 1.29 is 0 Å². The summed E-state index contributed by atoms with van der Waals surface area (Å²) in [5.74, 6) is 0. The van der Waals surface area contributed by atoms with E-state index >= 15 is 0 Å². The summed E-state index contributed by atoms with van der Waals surface area (Å²) in [5.41, 5.74) is 21.2. The van der Waals surface area contributed by atoms with Gasteiger partial charge in [0.25, 0.3) is 0 Å². The molecule has 0 N–H and O–H groups in total. The first-order valence-corrected chi connectivity index (χ1v) is 20.5. The number of para-hydroxylation sites is 1. The van der Waals surface area contributed by atoms with Gasteiger partial charge in [0.05, 0.1) is 22.0 Å². The van der Waals surface area contributed by atoms with Crippen LogP contribution in [-0.4, -0.2) is 9.13 Å². The fraction of sp³-hybridized carbons (Fsp3) is 0.0175. The highest BCUT2D eigenvalue weighted by Crippen LogP contribution is 2.63. The molecule has 0 radical (unpaired) electrons. The van der Waals surface area contributed by atoms with Gasteiger partial charge in [0.15, 0.2) is 0 Å². The highest BCUT2D eigenvalue weighted by molar-refractivity contribution is 6.18. The monoisotopic (exact) mass is 748 g/mol. The van der Waals surface area contributed by atoms with E-state index in [1.807, 2.05) is 0 Å². The van der Waals surface area contributed by atoms with E-state index < -0.39 is 0 Å². The quantitative estimate of drug-likeness (QED) is 0.170. The van der Waals surface area contributed by atoms with Crippen LogP contribution in [0.4, 0.5) is 0 Å². The van der Waals surface area contributed by atoms with Crippen LogP contribution in [0.25, 0.3) is 88.6 Å². The van der Waals surface area contributed by atoms with Crippen LogP contribution >= 0.6 is 0 Å². The Labute approximate surface area is 342 Å². The van der Waals surface area contributed by atoms with Crippen LogP contribution in [0.3, 0.4) is 0 Å². The lowest BCUT2D eigenvalue weighted by Gasteiger charge is -2.30. The Hall–Kier alpha value is -7.68. The lowest BCUT2D eigenvalue weighted by molar-refractivity contribution is 0.794. The van der Waals surface area contributed by atoms with Crippen LogP contribution in [0.2, 0.25) is 0 Å². The first kappa shape index (κ1) is 32.4. The zero-order chi connectivity index (χ0) is 38.7. The minimum atomic E-state index is -0.357. The van der Waals surface area contributed by atoms with Crippen molar-refractivity contribution in [2.24, 2.45) is 0 Å². The average molecular weight is 749 g/mol. The molecule has 0 amide bonds. The summed E-state index contributed by atoms with van der Waals surface area (Å²) in [6.07, 6.45) is 2.22. The summed E-state index contributed by atoms with van der Waals surface area (Å²) < 4.78 is 4.77. The Kier molecular flexibility index (Phi) is 6.68. The van der Waals surface area contributed by atoms with Crippen LogP contribution in [0.1, 0.15) is 22.3 Å². The molecule has 2 nitrogen and oxygen atoms in total. The lowest BCUT2D eigenvalue weighted by Crippen LogP contribution is -2.25. The van der Waals surface area contributed by atoms with Gasteiger partial charge in [-0.1, -0.05) is 164 Å². The van der Waals surface area contributed by atoms with Gasteiger partial charge in [-0.3, -0.25) is 0 Å². The molecule has 2 heterocycles. The predicted molar refractivity (Wildman–Crippen MR) is 245 cm³/mol. The molecular weight excluding hydrogens is 713 g/mol. The van der Waals surface area contributed by atoms with Crippen LogP contribution in [-0.2, 0) is 5.41 Å². The zero-order valence-corrected chi connectivity index (χ0v) is 32.2. The highest BCUT2D eigenvalue weighted by Gasteiger charge is 2.51. The molecule has 9 aromatic carbocycles. The van der Waals surface area contributed by atoms with Gasteiger partial charge in [0.1, 0.15) is 0 Å². The van der Waals surface area contributed by atoms with Gasteiger partial charge in [0.2, 0.25) is 0 Å². The molecule has 0 saturated heterocycles. The Morgan fingerprint density at radius 2 is 0.831 bits per heavy atom. The molecular formula is C57H36N2. The molecule has 2 aliphatic carbocycles. The molecule has 11 aromatic rings. The number of hydrogen-bond acceptors (Lipinski definition) is 0. The van der Waals surface area contributed by atoms with E-state index in [1.54, 1.807) is 0 Å². The van der Waals surface area contributed by atoms with E-state index in [4.69, 9.17) is 0 Å². The molecule has 13 rings (SSSR count). The highest BCUT2D eigenvalue weighted by atomic mass is 15.0. The molecule has 2 aliphatic rings. The molecule has 2 heteroatoms. The third-order valence-electron chi connectivity index (χ3n) is 13.2. The largest absolute Gasteiger partial charge is 0.316 e. The van der Waals surface area contributed by atoms with Crippen molar-refractivity contribution in [3.8, 4) is 55.9 Å². The van der Waals surface area contributed by atoms with Gasteiger partial charge in [-0.2, -0.15) is 0 Å². The van der Waals surface area contributed by atoms with Crippen molar-refractivity contribution in [2.75, 3.05) is 0 Å². The number of benzene rings is 9. The second-order valence-corrected chi connectivity index (χ2v) is 16.0. The molecule has 0 bridgehead atoms. The molecule has 0 saturated carbocycles. The summed E-state index contributed by atoms with van der Waals surface area (Å²) in [4.78, 5) is 0. The van der Waals surface area contributed by atoms with Crippen LogP contribution < -0.4 is 0 Å². The Bertz CT molecular complexity index is 3410. The summed E-state index contributed by atoms with van der Waals surface area (Å²) in [7, 11) is 0. The summed E-state index contributed by atoms with van der Waals surface area (Å²) in [6, 6.07) is 78.6. The van der Waals surface area contributed by atoms with E-state index in [0.717, 1.165) is 11.4 Å². The number of nitrogens with zero attached hydrogens (tertiary/aromatic N) is 2. The maximum absolute atomic E-state index is 2.47. The van der Waals surface area contributed by atoms with Crippen molar-refractivity contribution in [3.05, 3.63) is 241 Å². The van der Waals surface area contributed by atoms with Gasteiger partial charge in [0, 0.05) is 33.7 Å². The molecule has 59 heavy (non-hydrogen) atoms. The van der Waals surface area contributed by atoms with E-state index in [0.29, 0.717) is 0 Å². The molecule has 1 spiro atoms. The summed E-state index contributed by atoms with van der Waals surface area (Å²) in [6.45, 7) is 0. The van der Waals surface area contributed by atoms with Crippen LogP contribution in [0.15, 0.2) is 219 Å². The second-order valence-electron chi connectivity index (χ2n) is 16.0. The smallest absolute Gasteiger partial charge is 0.0725 e. The Morgan fingerprint density at radius 3 is 1.51 bits per heavy atom. The predicted octanol–water partition coefficient (Wildman–Crippen LogP) is 14.4. The van der Waals surface area contributed by atoms with E-state index in [9.17, 15) is 0 Å². The van der Waals surface area contributed by atoms with Crippen LogP contribution in [0.5, 0.6) is 0 Å². The number of rotatable bonds is 4. The Balaban J connectivity index is 0.943. The third kappa shape index (κ3) is 4.40. The summed E-state index contributed by atoms with van der Waals surface area (Å²) >= 11 is 0. The fourth-order valence-corrected chi connectivity index (χ4v) is 10.7. The maximum atomic E-state index is 2.47. The number of aromatic nitrogens is 2. The molecule has 0 fully saturated rings. The van der Waals surface area contributed by atoms with Crippen molar-refractivity contribution in [1.29, 1.82) is 0 Å². The number of fused-ring (bicyclic) bond motifs is 15. The van der Waals surface area contributed by atoms with E-state index in [1.165, 1.54) is 99.5 Å². The minimum Gasteiger partial charge on any atom is -0.316 e. The zero-order valence-electron chi connectivity index (χ0n) is 32.2. The van der Waals surface area contributed by atoms with Crippen molar-refractivity contribution >= 4 is 32.7 Å². The second kappa shape index (κ2) is 12.2.